The maximum Gasteiger partial charge on any atom is 0.268 e. The zero-order chi connectivity index (χ0) is 16.1. The number of aromatic nitrogens is 2. The lowest BCUT2D eigenvalue weighted by Gasteiger charge is -2.21. The lowest BCUT2D eigenvalue weighted by atomic mass is 9.98. The van der Waals surface area contributed by atoms with Crippen molar-refractivity contribution in [3.63, 3.8) is 0 Å². The number of amides is 1. The summed E-state index contributed by atoms with van der Waals surface area (Å²) >= 11 is 0. The highest BCUT2D eigenvalue weighted by Crippen LogP contribution is 2.20. The van der Waals surface area contributed by atoms with E-state index >= 15 is 0 Å². The van der Waals surface area contributed by atoms with Crippen molar-refractivity contribution >= 4 is 5.91 Å². The third kappa shape index (κ3) is 4.28. The molecule has 22 heavy (non-hydrogen) atoms. The second-order valence-corrected chi connectivity index (χ2v) is 5.85. The fourth-order valence-electron chi connectivity index (χ4n) is 2.37. The van der Waals surface area contributed by atoms with Gasteiger partial charge in [-0.25, -0.2) is 0 Å². The van der Waals surface area contributed by atoms with E-state index in [0.717, 1.165) is 12.0 Å². The van der Waals surface area contributed by atoms with Gasteiger partial charge in [0, 0.05) is 30.2 Å². The molecule has 2 rings (SSSR count). The van der Waals surface area contributed by atoms with E-state index in [1.807, 2.05) is 12.1 Å². The smallest absolute Gasteiger partial charge is 0.268 e. The number of hydrogen-bond acceptors (Lipinski definition) is 3. The molecule has 1 atom stereocenters. The number of carbonyl (C=O) groups excluding carboxylic acids is 1. The molecule has 0 aromatic carbocycles. The molecular formula is C17H21N3O2. The molecule has 0 spiro atoms. The Balaban J connectivity index is 2.23. The van der Waals surface area contributed by atoms with Gasteiger partial charge in [0.1, 0.15) is 5.69 Å². The third-order valence-corrected chi connectivity index (χ3v) is 3.32. The van der Waals surface area contributed by atoms with Crippen molar-refractivity contribution in [3.05, 3.63) is 63.8 Å². The van der Waals surface area contributed by atoms with E-state index in [1.165, 1.54) is 12.1 Å². The summed E-state index contributed by atoms with van der Waals surface area (Å²) in [5.41, 5.74) is 1.73. The Kier molecular flexibility index (Phi) is 5.09. The summed E-state index contributed by atoms with van der Waals surface area (Å²) in [6, 6.07) is 6.44. The molecule has 2 aromatic rings. The molecule has 0 aliphatic heterocycles. The molecular weight excluding hydrogens is 278 g/mol. The standard InChI is InChI=1S/C17H21N3O2/c1-11(2)7-15(13-5-4-6-18-10-13)20-17(22)16-9-14(21)8-12(3)19-16/h4-6,8-11,15H,7H2,1-3H3,(H,19,21)(H,20,22)/t15-/m0/s1. The van der Waals surface area contributed by atoms with Crippen molar-refractivity contribution in [2.24, 2.45) is 5.92 Å². The fourth-order valence-corrected chi connectivity index (χ4v) is 2.37. The number of carbonyl (C=O) groups is 1. The molecule has 0 saturated carbocycles. The predicted molar refractivity (Wildman–Crippen MR) is 85.7 cm³/mol. The SMILES string of the molecule is Cc1cc(=O)cc(C(=O)N[C@@H](CC(C)C)c2cccnc2)[nH]1. The quantitative estimate of drug-likeness (QED) is 0.891. The first-order chi connectivity index (χ1) is 10.5. The Bertz CT molecular complexity index is 693. The van der Waals surface area contributed by atoms with Gasteiger partial charge in [-0.15, -0.1) is 0 Å². The minimum absolute atomic E-state index is 0.134. The molecule has 2 N–H and O–H groups in total. The summed E-state index contributed by atoms with van der Waals surface area (Å²) in [7, 11) is 0. The van der Waals surface area contributed by atoms with Gasteiger partial charge in [-0.1, -0.05) is 19.9 Å². The Morgan fingerprint density at radius 1 is 1.36 bits per heavy atom. The molecule has 0 unspecified atom stereocenters. The van der Waals surface area contributed by atoms with E-state index in [4.69, 9.17) is 0 Å². The molecule has 116 valence electrons. The number of nitrogens with one attached hydrogen (secondary N) is 2. The number of pyridine rings is 2. The van der Waals surface area contributed by atoms with Crippen LogP contribution in [0, 0.1) is 12.8 Å². The first kappa shape index (κ1) is 15.9. The third-order valence-electron chi connectivity index (χ3n) is 3.32. The summed E-state index contributed by atoms with van der Waals surface area (Å²) in [6.07, 6.45) is 4.26. The van der Waals surface area contributed by atoms with Gasteiger partial charge in [-0.2, -0.15) is 0 Å². The minimum atomic E-state index is -0.282. The number of aromatic amines is 1. The molecule has 0 aliphatic rings. The lowest BCUT2D eigenvalue weighted by Crippen LogP contribution is -2.31. The van der Waals surface area contributed by atoms with Crippen LogP contribution < -0.4 is 10.7 Å². The zero-order valence-corrected chi connectivity index (χ0v) is 13.1. The van der Waals surface area contributed by atoms with Crippen LogP contribution in [-0.4, -0.2) is 15.9 Å². The number of rotatable bonds is 5. The van der Waals surface area contributed by atoms with Crippen LogP contribution in [0.25, 0.3) is 0 Å². The molecule has 2 heterocycles. The van der Waals surface area contributed by atoms with Crippen LogP contribution in [0.15, 0.2) is 41.5 Å². The van der Waals surface area contributed by atoms with Crippen molar-refractivity contribution in [1.29, 1.82) is 0 Å². The zero-order valence-electron chi connectivity index (χ0n) is 13.1. The lowest BCUT2D eigenvalue weighted by molar-refractivity contribution is 0.0926. The van der Waals surface area contributed by atoms with Crippen LogP contribution in [0.2, 0.25) is 0 Å². The van der Waals surface area contributed by atoms with Gasteiger partial charge >= 0.3 is 0 Å². The topological polar surface area (TPSA) is 74.8 Å². The van der Waals surface area contributed by atoms with Crippen LogP contribution in [0.4, 0.5) is 0 Å². The Morgan fingerprint density at radius 2 is 2.14 bits per heavy atom. The second-order valence-electron chi connectivity index (χ2n) is 5.85. The van der Waals surface area contributed by atoms with Gasteiger partial charge < -0.3 is 10.3 Å². The highest BCUT2D eigenvalue weighted by molar-refractivity contribution is 5.92. The van der Waals surface area contributed by atoms with Gasteiger partial charge in [0.2, 0.25) is 0 Å². The second kappa shape index (κ2) is 7.02. The van der Waals surface area contributed by atoms with Gasteiger partial charge in [0.25, 0.3) is 5.91 Å². The summed E-state index contributed by atoms with van der Waals surface area (Å²) in [5, 5.41) is 2.99. The van der Waals surface area contributed by atoms with Crippen molar-refractivity contribution in [3.8, 4) is 0 Å². The average molecular weight is 299 g/mol. The number of aryl methyl sites for hydroxylation is 1. The maximum absolute atomic E-state index is 12.4. The summed E-state index contributed by atoms with van der Waals surface area (Å²) in [5.74, 6) is 0.136. The number of nitrogens with zero attached hydrogens (tertiary/aromatic N) is 1. The highest BCUT2D eigenvalue weighted by atomic mass is 16.2. The first-order valence-corrected chi connectivity index (χ1v) is 7.37. The van der Waals surface area contributed by atoms with Crippen LogP contribution in [0.5, 0.6) is 0 Å². The van der Waals surface area contributed by atoms with E-state index in [0.29, 0.717) is 11.6 Å². The Labute approximate surface area is 129 Å². The Morgan fingerprint density at radius 3 is 2.73 bits per heavy atom. The van der Waals surface area contributed by atoms with Gasteiger partial charge in [0.15, 0.2) is 5.43 Å². The van der Waals surface area contributed by atoms with E-state index < -0.39 is 0 Å². The van der Waals surface area contributed by atoms with Crippen LogP contribution in [0.3, 0.4) is 0 Å². The molecule has 5 nitrogen and oxygen atoms in total. The molecule has 1 amide bonds. The fraction of sp³-hybridized carbons (Fsp3) is 0.353. The highest BCUT2D eigenvalue weighted by Gasteiger charge is 2.18. The normalized spacial score (nSPS) is 12.2. The maximum atomic E-state index is 12.4. The van der Waals surface area contributed by atoms with Crippen LogP contribution >= 0.6 is 0 Å². The van der Waals surface area contributed by atoms with E-state index in [-0.39, 0.29) is 23.1 Å². The summed E-state index contributed by atoms with van der Waals surface area (Å²) in [6.45, 7) is 5.96. The molecule has 2 aromatic heterocycles. The average Bonchev–Trinajstić information content (AvgIpc) is 2.46. The van der Waals surface area contributed by atoms with E-state index in [9.17, 15) is 9.59 Å². The first-order valence-electron chi connectivity index (χ1n) is 7.37. The molecule has 0 aliphatic carbocycles. The number of H-pyrrole nitrogens is 1. The Hall–Kier alpha value is -2.43. The summed E-state index contributed by atoms with van der Waals surface area (Å²) < 4.78 is 0. The van der Waals surface area contributed by atoms with Crippen molar-refractivity contribution in [2.75, 3.05) is 0 Å². The largest absolute Gasteiger partial charge is 0.354 e. The molecule has 0 bridgehead atoms. The molecule has 0 saturated heterocycles. The number of hydrogen-bond donors (Lipinski definition) is 2. The van der Waals surface area contributed by atoms with Gasteiger partial charge in [-0.05, 0) is 30.9 Å². The monoisotopic (exact) mass is 299 g/mol. The van der Waals surface area contributed by atoms with Crippen molar-refractivity contribution < 1.29 is 4.79 Å². The molecule has 5 heteroatoms. The minimum Gasteiger partial charge on any atom is -0.354 e. The molecule has 0 fully saturated rings. The van der Waals surface area contributed by atoms with E-state index in [2.05, 4.69) is 29.1 Å². The summed E-state index contributed by atoms with van der Waals surface area (Å²) in [4.78, 5) is 31.0. The van der Waals surface area contributed by atoms with Crippen molar-refractivity contribution in [1.82, 2.24) is 15.3 Å². The predicted octanol–water partition coefficient (Wildman–Crippen LogP) is 2.60. The van der Waals surface area contributed by atoms with Gasteiger partial charge in [0.05, 0.1) is 6.04 Å². The van der Waals surface area contributed by atoms with Crippen LogP contribution in [0.1, 0.15) is 48.1 Å². The molecule has 0 radical (unpaired) electrons. The van der Waals surface area contributed by atoms with E-state index in [1.54, 1.807) is 19.3 Å². The van der Waals surface area contributed by atoms with Crippen molar-refractivity contribution in [2.45, 2.75) is 33.2 Å². The van der Waals surface area contributed by atoms with Gasteiger partial charge in [-0.3, -0.25) is 14.6 Å². The van der Waals surface area contributed by atoms with Crippen LogP contribution in [-0.2, 0) is 0 Å².